The topological polar surface area (TPSA) is 0 Å². The monoisotopic (exact) mass is 573 g/mol. The van der Waals surface area contributed by atoms with Gasteiger partial charge in [0.15, 0.2) is 0 Å². The number of hydrogen-bond donors (Lipinski definition) is 0. The fraction of sp³-hybridized carbons (Fsp3) is 0.290. The number of hydrogen-bond acceptors (Lipinski definition) is 0. The maximum Gasteiger partial charge on any atom is 0.0210 e. The summed E-state index contributed by atoms with van der Waals surface area (Å²) in [5, 5.41) is 7.45. The first-order valence-electron chi connectivity index (χ1n) is 11.6. The Labute approximate surface area is 233 Å². The van der Waals surface area contributed by atoms with Crippen LogP contribution in [-0.4, -0.2) is 0 Å². The van der Waals surface area contributed by atoms with E-state index in [0.29, 0.717) is 5.92 Å². The van der Waals surface area contributed by atoms with E-state index in [-0.39, 0.29) is 32.7 Å². The fourth-order valence-corrected chi connectivity index (χ4v) is 4.74. The summed E-state index contributed by atoms with van der Waals surface area (Å²) in [5.41, 5.74) is 1.38. The molecule has 169 valence electrons. The molecule has 0 heterocycles. The van der Waals surface area contributed by atoms with Gasteiger partial charge in [-0.3, -0.25) is 0 Å². The molecule has 0 saturated carbocycles. The molecule has 0 bridgehead atoms. The van der Waals surface area contributed by atoms with Gasteiger partial charge in [-0.15, -0.1) is 35.0 Å². The third-order valence-corrected chi connectivity index (χ3v) is 6.23. The molecule has 1 atom stereocenters. The SMILES string of the molecule is C/C=c1\c(=C/CCC(C)c2ccccc2Br)c2ccc[c-]c2c2[c-]cccc12.CC(C)C.[Y]. The number of rotatable bonds is 4. The Morgan fingerprint density at radius 3 is 1.91 bits per heavy atom. The molecule has 4 aromatic rings. The van der Waals surface area contributed by atoms with E-state index in [1.807, 2.05) is 12.1 Å². The Hall–Kier alpha value is -1.28. The van der Waals surface area contributed by atoms with Gasteiger partial charge in [-0.2, -0.15) is 24.3 Å². The maximum atomic E-state index is 3.69. The molecule has 1 radical (unpaired) electrons. The van der Waals surface area contributed by atoms with E-state index >= 15 is 0 Å². The van der Waals surface area contributed by atoms with E-state index in [1.54, 1.807) is 0 Å². The van der Waals surface area contributed by atoms with Crippen LogP contribution in [-0.2, 0) is 32.7 Å². The predicted octanol–water partition coefficient (Wildman–Crippen LogP) is 8.18. The molecule has 2 heteroatoms. The van der Waals surface area contributed by atoms with E-state index < -0.39 is 0 Å². The van der Waals surface area contributed by atoms with Crippen molar-refractivity contribution >= 4 is 49.6 Å². The first kappa shape index (κ1) is 28.0. The maximum absolute atomic E-state index is 3.69. The van der Waals surface area contributed by atoms with Crippen molar-refractivity contribution in [3.05, 3.63) is 93.3 Å². The van der Waals surface area contributed by atoms with E-state index in [9.17, 15) is 0 Å². The van der Waals surface area contributed by atoms with E-state index in [0.717, 1.165) is 29.5 Å². The Morgan fingerprint density at radius 1 is 0.818 bits per heavy atom. The normalized spacial score (nSPS) is 13.1. The Bertz CT molecular complexity index is 1300. The zero-order valence-electron chi connectivity index (χ0n) is 20.5. The average Bonchev–Trinajstić information content (AvgIpc) is 2.79. The second kappa shape index (κ2) is 13.6. The average molecular weight is 574 g/mol. The summed E-state index contributed by atoms with van der Waals surface area (Å²) in [6.07, 6.45) is 6.79. The molecular formula is C31H33BrY-2. The fourth-order valence-electron chi connectivity index (χ4n) is 4.07. The zero-order chi connectivity index (χ0) is 23.1. The molecule has 0 fully saturated rings. The first-order chi connectivity index (χ1) is 15.4. The molecule has 1 unspecified atom stereocenters. The number of benzene rings is 4. The summed E-state index contributed by atoms with van der Waals surface area (Å²) in [6, 6.07) is 28.0. The van der Waals surface area contributed by atoms with Gasteiger partial charge in [-0.25, -0.2) is 10.8 Å². The van der Waals surface area contributed by atoms with E-state index in [4.69, 9.17) is 0 Å². The summed E-state index contributed by atoms with van der Waals surface area (Å²) in [6.45, 7) is 10.9. The van der Waals surface area contributed by atoms with Crippen LogP contribution in [0.1, 0.15) is 58.9 Å². The van der Waals surface area contributed by atoms with Gasteiger partial charge in [-0.05, 0) is 43.2 Å². The van der Waals surface area contributed by atoms with Crippen LogP contribution in [0.3, 0.4) is 0 Å². The molecule has 0 aromatic heterocycles. The van der Waals surface area contributed by atoms with Crippen LogP contribution in [0, 0.1) is 18.1 Å². The first-order valence-corrected chi connectivity index (χ1v) is 12.4. The summed E-state index contributed by atoms with van der Waals surface area (Å²) in [5.74, 6) is 1.34. The van der Waals surface area contributed by atoms with Crippen LogP contribution >= 0.6 is 15.9 Å². The zero-order valence-corrected chi connectivity index (χ0v) is 24.9. The van der Waals surface area contributed by atoms with Crippen molar-refractivity contribution < 1.29 is 32.7 Å². The van der Waals surface area contributed by atoms with Gasteiger partial charge >= 0.3 is 0 Å². The molecule has 0 spiro atoms. The molecule has 0 N–H and O–H groups in total. The standard InChI is InChI=1S/C27H23Br.C4H10.Y/c1-3-20-22-13-4-5-14-24(22)26-16-7-6-15-25(26)23(20)17-10-11-19(2)21-12-8-9-18-27(21)28;1-4(2)3;/h3-9,12-13,15,17-19H,10-11H2,1-2H3;4H,1-3H3;/q-2;;/b20-3-,23-17+;;. The Morgan fingerprint density at radius 2 is 1.36 bits per heavy atom. The van der Waals surface area contributed by atoms with Gasteiger partial charge in [0.1, 0.15) is 0 Å². The van der Waals surface area contributed by atoms with Crippen molar-refractivity contribution in [2.24, 2.45) is 5.92 Å². The van der Waals surface area contributed by atoms with Crippen molar-refractivity contribution in [2.45, 2.75) is 53.4 Å². The van der Waals surface area contributed by atoms with Crippen LogP contribution in [0.15, 0.2) is 65.1 Å². The molecule has 0 nitrogen and oxygen atoms in total. The van der Waals surface area contributed by atoms with Gasteiger partial charge in [0, 0.05) is 37.2 Å². The number of halogens is 1. The second-order valence-corrected chi connectivity index (χ2v) is 9.82. The van der Waals surface area contributed by atoms with Crippen LogP contribution in [0.5, 0.6) is 0 Å². The van der Waals surface area contributed by atoms with Gasteiger partial charge in [0.2, 0.25) is 0 Å². The smallest absolute Gasteiger partial charge is 0.0210 e. The molecule has 4 rings (SSSR count). The quantitative estimate of drug-likeness (QED) is 0.170. The molecule has 0 amide bonds. The molecule has 0 saturated heterocycles. The van der Waals surface area contributed by atoms with Gasteiger partial charge in [0.25, 0.3) is 0 Å². The largest absolute Gasteiger partial charge is 0.218 e. The molecule has 0 aliphatic heterocycles. The van der Waals surface area contributed by atoms with Crippen molar-refractivity contribution in [3.63, 3.8) is 0 Å². The van der Waals surface area contributed by atoms with Crippen LogP contribution in [0.25, 0.3) is 33.7 Å². The minimum Gasteiger partial charge on any atom is -0.218 e. The molecule has 0 aliphatic rings. The Balaban J connectivity index is 0.000000714. The summed E-state index contributed by atoms with van der Waals surface area (Å²) >= 11 is 3.69. The van der Waals surface area contributed by atoms with E-state index in [2.05, 4.69) is 123 Å². The third-order valence-electron chi connectivity index (χ3n) is 5.51. The van der Waals surface area contributed by atoms with Crippen molar-refractivity contribution in [1.82, 2.24) is 0 Å². The van der Waals surface area contributed by atoms with Crippen LogP contribution < -0.4 is 10.4 Å². The van der Waals surface area contributed by atoms with Crippen LogP contribution in [0.4, 0.5) is 0 Å². The summed E-state index contributed by atoms with van der Waals surface area (Å²) < 4.78 is 1.20. The van der Waals surface area contributed by atoms with Crippen molar-refractivity contribution in [1.29, 1.82) is 0 Å². The van der Waals surface area contributed by atoms with Gasteiger partial charge < -0.3 is 0 Å². The molecular weight excluding hydrogens is 541 g/mol. The van der Waals surface area contributed by atoms with Crippen molar-refractivity contribution in [2.75, 3.05) is 0 Å². The molecule has 0 aliphatic carbocycles. The van der Waals surface area contributed by atoms with E-state index in [1.165, 1.54) is 31.2 Å². The van der Waals surface area contributed by atoms with Crippen molar-refractivity contribution in [3.8, 4) is 0 Å². The van der Waals surface area contributed by atoms with Gasteiger partial charge in [0.05, 0.1) is 0 Å². The number of fused-ring (bicyclic) bond motifs is 3. The minimum atomic E-state index is 0. The minimum absolute atomic E-state index is 0. The van der Waals surface area contributed by atoms with Crippen LogP contribution in [0.2, 0.25) is 0 Å². The Kier molecular flexibility index (Phi) is 11.5. The molecule has 33 heavy (non-hydrogen) atoms. The summed E-state index contributed by atoms with van der Waals surface area (Å²) in [7, 11) is 0. The third kappa shape index (κ3) is 7.11. The predicted molar refractivity (Wildman–Crippen MR) is 145 cm³/mol. The summed E-state index contributed by atoms with van der Waals surface area (Å²) in [4.78, 5) is 0. The van der Waals surface area contributed by atoms with Gasteiger partial charge in [-0.1, -0.05) is 84.4 Å². The second-order valence-electron chi connectivity index (χ2n) is 8.97. The molecule has 4 aromatic carbocycles.